The number of nitrogens with one attached hydrogen (secondary N) is 1. The number of hydrogen-bond acceptors (Lipinski definition) is 2. The third-order valence-electron chi connectivity index (χ3n) is 3.69. The number of benzene rings is 1. The minimum absolute atomic E-state index is 0.0510. The van der Waals surface area contributed by atoms with Gasteiger partial charge in [-0.05, 0) is 19.4 Å². The molecule has 108 valence electrons. The predicted octanol–water partition coefficient (Wildman–Crippen LogP) is 1.30. The third-order valence-corrected chi connectivity index (χ3v) is 3.69. The Hall–Kier alpha value is -1.91. The number of carbonyl (C=O) groups is 2. The quantitative estimate of drug-likeness (QED) is 0.902. The minimum Gasteiger partial charge on any atom is -0.342 e. The molecule has 1 N–H and O–H groups in total. The fraction of sp³-hybridized carbons (Fsp3) is 0.467. The van der Waals surface area contributed by atoms with Gasteiger partial charge in [0.05, 0.1) is 6.54 Å². The molecule has 1 fully saturated rings. The maximum atomic E-state index is 12.6. The summed E-state index contributed by atoms with van der Waals surface area (Å²) >= 11 is 0. The fourth-order valence-corrected chi connectivity index (χ4v) is 2.45. The lowest BCUT2D eigenvalue weighted by Crippen LogP contribution is -2.69. The van der Waals surface area contributed by atoms with Crippen molar-refractivity contribution in [1.29, 1.82) is 0 Å². The van der Waals surface area contributed by atoms with Gasteiger partial charge in [-0.1, -0.05) is 30.3 Å². The third kappa shape index (κ3) is 2.66. The molecule has 5 heteroatoms. The van der Waals surface area contributed by atoms with E-state index in [0.717, 1.165) is 5.56 Å². The normalized spacial score (nSPS) is 21.8. The van der Waals surface area contributed by atoms with Gasteiger partial charge in [0.1, 0.15) is 18.3 Å². The molecule has 0 aliphatic carbocycles. The van der Waals surface area contributed by atoms with Crippen molar-refractivity contribution in [3.8, 4) is 0 Å². The summed E-state index contributed by atoms with van der Waals surface area (Å²) in [5.41, 5.74) is -0.0397. The van der Waals surface area contributed by atoms with E-state index in [2.05, 4.69) is 5.32 Å². The maximum Gasteiger partial charge on any atom is 0.246 e. The van der Waals surface area contributed by atoms with Crippen LogP contribution in [0.3, 0.4) is 0 Å². The van der Waals surface area contributed by atoms with E-state index < -0.39 is 18.3 Å². The van der Waals surface area contributed by atoms with E-state index in [0.29, 0.717) is 6.42 Å². The lowest BCUT2D eigenvalue weighted by molar-refractivity contribution is -0.155. The highest BCUT2D eigenvalue weighted by atomic mass is 19.1. The van der Waals surface area contributed by atoms with Crippen molar-refractivity contribution < 1.29 is 14.0 Å². The van der Waals surface area contributed by atoms with Gasteiger partial charge in [0.25, 0.3) is 0 Å². The van der Waals surface area contributed by atoms with E-state index in [-0.39, 0.29) is 18.4 Å². The SMILES string of the molecule is CC1(C)C(=O)NC(Cc2ccccc2)C(=O)N1CCF. The van der Waals surface area contributed by atoms with E-state index in [1.165, 1.54) is 4.90 Å². The second kappa shape index (κ2) is 5.61. The molecule has 2 amide bonds. The first-order valence-corrected chi connectivity index (χ1v) is 6.69. The summed E-state index contributed by atoms with van der Waals surface area (Å²) < 4.78 is 12.6. The first-order chi connectivity index (χ1) is 9.46. The molecule has 1 atom stereocenters. The van der Waals surface area contributed by atoms with E-state index in [4.69, 9.17) is 0 Å². The first-order valence-electron chi connectivity index (χ1n) is 6.69. The molecule has 0 radical (unpaired) electrons. The van der Waals surface area contributed by atoms with Gasteiger partial charge in [-0.25, -0.2) is 4.39 Å². The Morgan fingerprint density at radius 3 is 2.50 bits per heavy atom. The highest BCUT2D eigenvalue weighted by Crippen LogP contribution is 2.22. The average Bonchev–Trinajstić information content (AvgIpc) is 2.42. The van der Waals surface area contributed by atoms with Crippen molar-refractivity contribution in [3.63, 3.8) is 0 Å². The number of amides is 2. The summed E-state index contributed by atoms with van der Waals surface area (Å²) in [6.45, 7) is 2.56. The van der Waals surface area contributed by atoms with Crippen molar-refractivity contribution in [2.45, 2.75) is 31.8 Å². The molecule has 1 aromatic carbocycles. The van der Waals surface area contributed by atoms with Crippen LogP contribution in [0.1, 0.15) is 19.4 Å². The molecule has 0 aromatic heterocycles. The van der Waals surface area contributed by atoms with Crippen LogP contribution in [-0.4, -0.2) is 41.5 Å². The lowest BCUT2D eigenvalue weighted by Gasteiger charge is -2.44. The van der Waals surface area contributed by atoms with Crippen LogP contribution in [0.15, 0.2) is 30.3 Å². The zero-order valence-corrected chi connectivity index (χ0v) is 11.7. The molecular weight excluding hydrogens is 259 g/mol. The van der Waals surface area contributed by atoms with E-state index >= 15 is 0 Å². The van der Waals surface area contributed by atoms with Crippen molar-refractivity contribution in [3.05, 3.63) is 35.9 Å². The Morgan fingerprint density at radius 2 is 1.90 bits per heavy atom. The summed E-state index contributed by atoms with van der Waals surface area (Å²) in [5.74, 6) is -0.470. The number of rotatable bonds is 4. The van der Waals surface area contributed by atoms with Crippen LogP contribution in [0.25, 0.3) is 0 Å². The standard InChI is InChI=1S/C15H19FN2O2/c1-15(2)14(20)17-12(13(19)18(15)9-8-16)10-11-6-4-3-5-7-11/h3-7,12H,8-10H2,1-2H3,(H,17,20). The maximum absolute atomic E-state index is 12.6. The van der Waals surface area contributed by atoms with Crippen molar-refractivity contribution in [2.75, 3.05) is 13.2 Å². The smallest absolute Gasteiger partial charge is 0.246 e. The van der Waals surface area contributed by atoms with Gasteiger partial charge in [-0.15, -0.1) is 0 Å². The second-order valence-electron chi connectivity index (χ2n) is 5.45. The van der Waals surface area contributed by atoms with Gasteiger partial charge in [0.15, 0.2) is 0 Å². The van der Waals surface area contributed by atoms with Crippen LogP contribution in [0.2, 0.25) is 0 Å². The number of nitrogens with zero attached hydrogens (tertiary/aromatic N) is 1. The second-order valence-corrected chi connectivity index (χ2v) is 5.45. The van der Waals surface area contributed by atoms with E-state index in [9.17, 15) is 14.0 Å². The molecule has 1 saturated heterocycles. The monoisotopic (exact) mass is 278 g/mol. The summed E-state index contributed by atoms with van der Waals surface area (Å²) in [4.78, 5) is 25.9. The zero-order chi connectivity index (χ0) is 14.8. The van der Waals surface area contributed by atoms with Gasteiger partial charge in [-0.2, -0.15) is 0 Å². The molecular formula is C15H19FN2O2. The molecule has 1 aliphatic heterocycles. The minimum atomic E-state index is -1.00. The van der Waals surface area contributed by atoms with Gasteiger partial charge in [0.2, 0.25) is 11.8 Å². The molecule has 0 bridgehead atoms. The number of alkyl halides is 1. The van der Waals surface area contributed by atoms with Crippen molar-refractivity contribution in [1.82, 2.24) is 10.2 Å². The van der Waals surface area contributed by atoms with E-state index in [1.54, 1.807) is 13.8 Å². The Balaban J connectivity index is 2.19. The highest BCUT2D eigenvalue weighted by Gasteiger charge is 2.45. The molecule has 1 aliphatic rings. The van der Waals surface area contributed by atoms with Crippen LogP contribution in [0.5, 0.6) is 0 Å². The number of carbonyl (C=O) groups excluding carboxylic acids is 2. The topological polar surface area (TPSA) is 49.4 Å². The predicted molar refractivity (Wildman–Crippen MR) is 73.8 cm³/mol. The van der Waals surface area contributed by atoms with Crippen LogP contribution in [-0.2, 0) is 16.0 Å². The average molecular weight is 278 g/mol. The van der Waals surface area contributed by atoms with Gasteiger partial charge in [0, 0.05) is 6.42 Å². The van der Waals surface area contributed by atoms with Crippen LogP contribution in [0.4, 0.5) is 4.39 Å². The van der Waals surface area contributed by atoms with Crippen LogP contribution >= 0.6 is 0 Å². The Morgan fingerprint density at radius 1 is 1.25 bits per heavy atom. The number of piperazine rings is 1. The van der Waals surface area contributed by atoms with Crippen LogP contribution < -0.4 is 5.32 Å². The zero-order valence-electron chi connectivity index (χ0n) is 11.7. The molecule has 20 heavy (non-hydrogen) atoms. The Bertz CT molecular complexity index is 502. The number of halogens is 1. The summed E-state index contributed by atoms with van der Waals surface area (Å²) in [5, 5.41) is 2.74. The van der Waals surface area contributed by atoms with Gasteiger partial charge >= 0.3 is 0 Å². The lowest BCUT2D eigenvalue weighted by atomic mass is 9.93. The van der Waals surface area contributed by atoms with Gasteiger partial charge < -0.3 is 10.2 Å². The molecule has 1 unspecified atom stereocenters. The van der Waals surface area contributed by atoms with Crippen molar-refractivity contribution in [2.24, 2.45) is 0 Å². The first kappa shape index (κ1) is 14.5. The van der Waals surface area contributed by atoms with Crippen LogP contribution in [0, 0.1) is 0 Å². The van der Waals surface area contributed by atoms with Crippen molar-refractivity contribution >= 4 is 11.8 Å². The molecule has 0 saturated carbocycles. The van der Waals surface area contributed by atoms with Gasteiger partial charge in [-0.3, -0.25) is 9.59 Å². The number of hydrogen-bond donors (Lipinski definition) is 1. The Kier molecular flexibility index (Phi) is 4.06. The largest absolute Gasteiger partial charge is 0.342 e. The molecule has 4 nitrogen and oxygen atoms in total. The highest BCUT2D eigenvalue weighted by molar-refractivity contribution is 5.99. The van der Waals surface area contributed by atoms with E-state index in [1.807, 2.05) is 30.3 Å². The molecule has 1 heterocycles. The summed E-state index contributed by atoms with van der Waals surface area (Å²) in [7, 11) is 0. The summed E-state index contributed by atoms with van der Waals surface area (Å²) in [6.07, 6.45) is 0.421. The molecule has 2 rings (SSSR count). The molecule has 0 spiro atoms. The molecule has 1 aromatic rings. The Labute approximate surface area is 118 Å². The fourth-order valence-electron chi connectivity index (χ4n) is 2.45. The summed E-state index contributed by atoms with van der Waals surface area (Å²) in [6, 6.07) is 8.84.